The Kier molecular flexibility index (Phi) is 5.16. The van der Waals surface area contributed by atoms with E-state index < -0.39 is 0 Å². The molecule has 2 saturated heterocycles. The van der Waals surface area contributed by atoms with Crippen molar-refractivity contribution in [3.63, 3.8) is 0 Å². The maximum absolute atomic E-state index is 12.5. The van der Waals surface area contributed by atoms with Crippen molar-refractivity contribution in [3.8, 4) is 0 Å². The summed E-state index contributed by atoms with van der Waals surface area (Å²) >= 11 is 0. The van der Waals surface area contributed by atoms with Gasteiger partial charge in [-0.25, -0.2) is 0 Å². The number of ether oxygens (including phenoxy) is 1. The number of benzene rings is 1. The average Bonchev–Trinajstić information content (AvgIpc) is 3.14. The number of carbonyl (C=O) groups is 2. The summed E-state index contributed by atoms with van der Waals surface area (Å²) < 4.78 is 5.72. The lowest BCUT2D eigenvalue weighted by Crippen LogP contribution is -2.44. The van der Waals surface area contributed by atoms with Gasteiger partial charge in [0.15, 0.2) is 0 Å². The van der Waals surface area contributed by atoms with E-state index >= 15 is 0 Å². The van der Waals surface area contributed by atoms with Crippen molar-refractivity contribution in [1.82, 2.24) is 10.2 Å². The molecule has 0 bridgehead atoms. The van der Waals surface area contributed by atoms with Gasteiger partial charge in [0.25, 0.3) is 5.91 Å². The highest BCUT2D eigenvalue weighted by molar-refractivity contribution is 5.97. The first kappa shape index (κ1) is 16.9. The molecule has 2 fully saturated rings. The third-order valence-corrected chi connectivity index (χ3v) is 4.66. The van der Waals surface area contributed by atoms with Gasteiger partial charge in [-0.15, -0.1) is 0 Å². The molecule has 0 unspecified atom stereocenters. The van der Waals surface area contributed by atoms with E-state index in [1.807, 2.05) is 26.1 Å². The lowest BCUT2D eigenvalue weighted by Gasteiger charge is -2.20. The molecule has 1 aromatic rings. The molecular formula is C18H25N3O3. The summed E-state index contributed by atoms with van der Waals surface area (Å²) in [6.45, 7) is 4.99. The highest BCUT2D eigenvalue weighted by Crippen LogP contribution is 2.22. The van der Waals surface area contributed by atoms with E-state index in [0.717, 1.165) is 31.7 Å². The minimum Gasteiger partial charge on any atom is -0.375 e. The van der Waals surface area contributed by atoms with Crippen LogP contribution in [0.1, 0.15) is 30.1 Å². The summed E-state index contributed by atoms with van der Waals surface area (Å²) in [4.78, 5) is 28.2. The summed E-state index contributed by atoms with van der Waals surface area (Å²) in [5.74, 6) is 0.0556. The Morgan fingerprint density at radius 1 is 1.29 bits per heavy atom. The van der Waals surface area contributed by atoms with E-state index in [2.05, 4.69) is 10.2 Å². The molecule has 1 N–H and O–H groups in total. The molecule has 2 atom stereocenters. The van der Waals surface area contributed by atoms with Gasteiger partial charge in [-0.2, -0.15) is 0 Å². The number of likely N-dealkylation sites (N-methyl/N-ethyl adjacent to an activating group) is 1. The molecule has 6 heteroatoms. The number of nitrogens with zero attached hydrogens (tertiary/aromatic N) is 2. The summed E-state index contributed by atoms with van der Waals surface area (Å²) in [7, 11) is 2.03. The van der Waals surface area contributed by atoms with Gasteiger partial charge in [0.05, 0.1) is 12.1 Å². The predicted octanol–water partition coefficient (Wildman–Crippen LogP) is 1.26. The Labute approximate surface area is 142 Å². The smallest absolute Gasteiger partial charge is 0.251 e. The maximum atomic E-state index is 12.5. The molecule has 2 aliphatic heterocycles. The van der Waals surface area contributed by atoms with E-state index in [-0.39, 0.29) is 24.0 Å². The molecule has 24 heavy (non-hydrogen) atoms. The second kappa shape index (κ2) is 7.32. The lowest BCUT2D eigenvalue weighted by molar-refractivity contribution is -0.117. The summed E-state index contributed by atoms with van der Waals surface area (Å²) in [5, 5.41) is 3.07. The molecule has 0 radical (unpaired) electrons. The fraction of sp³-hybridized carbons (Fsp3) is 0.556. The fourth-order valence-electron chi connectivity index (χ4n) is 3.45. The number of hydrogen-bond acceptors (Lipinski definition) is 4. The molecular weight excluding hydrogens is 306 g/mol. The van der Waals surface area contributed by atoms with Gasteiger partial charge in [-0.1, -0.05) is 0 Å². The van der Waals surface area contributed by atoms with Crippen LogP contribution in [0.5, 0.6) is 0 Å². The molecule has 1 aromatic carbocycles. The number of amides is 2. The Hall–Kier alpha value is -1.92. The van der Waals surface area contributed by atoms with Crippen LogP contribution in [0.15, 0.2) is 24.3 Å². The summed E-state index contributed by atoms with van der Waals surface area (Å²) in [6, 6.07) is 7.26. The van der Waals surface area contributed by atoms with Crippen molar-refractivity contribution in [2.45, 2.75) is 31.9 Å². The normalized spacial score (nSPS) is 24.6. The van der Waals surface area contributed by atoms with Crippen molar-refractivity contribution in [1.29, 1.82) is 0 Å². The van der Waals surface area contributed by atoms with Crippen molar-refractivity contribution in [2.75, 3.05) is 38.2 Å². The number of rotatable bonds is 5. The molecule has 130 valence electrons. The van der Waals surface area contributed by atoms with Crippen LogP contribution in [-0.4, -0.2) is 62.1 Å². The Balaban J connectivity index is 1.63. The minimum atomic E-state index is -0.0979. The first-order valence-electron chi connectivity index (χ1n) is 8.60. The van der Waals surface area contributed by atoms with Crippen molar-refractivity contribution in [3.05, 3.63) is 29.8 Å². The van der Waals surface area contributed by atoms with E-state index in [0.29, 0.717) is 18.6 Å². The maximum Gasteiger partial charge on any atom is 0.251 e. The van der Waals surface area contributed by atoms with Gasteiger partial charge < -0.3 is 19.9 Å². The fourth-order valence-corrected chi connectivity index (χ4v) is 3.45. The molecule has 0 spiro atoms. The Bertz CT molecular complexity index is 602. The highest BCUT2D eigenvalue weighted by atomic mass is 16.5. The summed E-state index contributed by atoms with van der Waals surface area (Å²) in [5.41, 5.74) is 1.47. The molecule has 2 amide bonds. The number of anilines is 1. The van der Waals surface area contributed by atoms with Gasteiger partial charge in [-0.3, -0.25) is 9.59 Å². The van der Waals surface area contributed by atoms with Crippen LogP contribution in [0.2, 0.25) is 0 Å². The molecule has 3 rings (SSSR count). The van der Waals surface area contributed by atoms with Gasteiger partial charge in [0, 0.05) is 43.9 Å². The van der Waals surface area contributed by atoms with Gasteiger partial charge in [0.1, 0.15) is 0 Å². The average molecular weight is 331 g/mol. The van der Waals surface area contributed by atoms with Crippen LogP contribution in [0, 0.1) is 0 Å². The first-order chi connectivity index (χ1) is 11.6. The molecule has 0 aliphatic carbocycles. The molecule has 0 saturated carbocycles. The Morgan fingerprint density at radius 2 is 2.04 bits per heavy atom. The third-order valence-electron chi connectivity index (χ3n) is 4.66. The second-order valence-corrected chi connectivity index (χ2v) is 6.49. The first-order valence-corrected chi connectivity index (χ1v) is 8.60. The largest absolute Gasteiger partial charge is 0.375 e. The molecule has 2 heterocycles. The van der Waals surface area contributed by atoms with Crippen molar-refractivity contribution in [2.24, 2.45) is 0 Å². The number of carbonyl (C=O) groups excluding carboxylic acids is 2. The minimum absolute atomic E-state index is 0.00212. The van der Waals surface area contributed by atoms with E-state index in [1.165, 1.54) is 0 Å². The van der Waals surface area contributed by atoms with Crippen LogP contribution < -0.4 is 10.2 Å². The zero-order chi connectivity index (χ0) is 17.1. The van der Waals surface area contributed by atoms with Gasteiger partial charge >= 0.3 is 0 Å². The predicted molar refractivity (Wildman–Crippen MR) is 92.2 cm³/mol. The molecule has 0 aromatic heterocycles. The van der Waals surface area contributed by atoms with Crippen LogP contribution in [-0.2, 0) is 9.53 Å². The van der Waals surface area contributed by atoms with Crippen LogP contribution in [0.25, 0.3) is 0 Å². The third kappa shape index (κ3) is 3.60. The Morgan fingerprint density at radius 3 is 2.67 bits per heavy atom. The second-order valence-electron chi connectivity index (χ2n) is 6.49. The van der Waals surface area contributed by atoms with E-state index in [4.69, 9.17) is 4.74 Å². The zero-order valence-corrected chi connectivity index (χ0v) is 14.3. The van der Waals surface area contributed by atoms with E-state index in [9.17, 15) is 9.59 Å². The quantitative estimate of drug-likeness (QED) is 0.882. The van der Waals surface area contributed by atoms with E-state index in [1.54, 1.807) is 17.0 Å². The summed E-state index contributed by atoms with van der Waals surface area (Å²) in [6.07, 6.45) is 1.54. The number of hydrogen-bond donors (Lipinski definition) is 1. The van der Waals surface area contributed by atoms with Gasteiger partial charge in [0.2, 0.25) is 5.91 Å². The van der Waals surface area contributed by atoms with Crippen LogP contribution >= 0.6 is 0 Å². The number of likely N-dealkylation sites (tertiary alicyclic amines) is 1. The monoisotopic (exact) mass is 331 g/mol. The zero-order valence-electron chi connectivity index (χ0n) is 14.3. The van der Waals surface area contributed by atoms with Crippen molar-refractivity contribution < 1.29 is 14.3 Å². The van der Waals surface area contributed by atoms with Gasteiger partial charge in [-0.05, 0) is 44.7 Å². The molecule has 6 nitrogen and oxygen atoms in total. The highest BCUT2D eigenvalue weighted by Gasteiger charge is 2.32. The van der Waals surface area contributed by atoms with Crippen molar-refractivity contribution >= 4 is 17.5 Å². The lowest BCUT2D eigenvalue weighted by atomic mass is 10.1. The van der Waals surface area contributed by atoms with Crippen LogP contribution in [0.3, 0.4) is 0 Å². The topological polar surface area (TPSA) is 61.9 Å². The molecule has 2 aliphatic rings. The standard InChI is InChI=1S/C18H25N3O3/c1-3-24-16-12-20(2)11-15(16)19-18(23)13-6-8-14(9-7-13)21-10-4-5-17(21)22/h6-9,15-16H,3-5,10-12H2,1-2H3,(H,19,23)/t15-,16-/m0/s1. The number of nitrogens with one attached hydrogen (secondary N) is 1. The van der Waals surface area contributed by atoms with Crippen LogP contribution in [0.4, 0.5) is 5.69 Å². The SMILES string of the molecule is CCO[C@H]1CN(C)C[C@@H]1NC(=O)c1ccc(N2CCCC2=O)cc1.